The number of carbonyl (C=O) groups is 4. The van der Waals surface area contributed by atoms with Crippen molar-refractivity contribution in [2.24, 2.45) is 0 Å². The zero-order chi connectivity index (χ0) is 14.0. The maximum Gasteiger partial charge on any atom is 0.275 e. The van der Waals surface area contributed by atoms with E-state index in [0.717, 1.165) is 4.90 Å². The van der Waals surface area contributed by atoms with E-state index < -0.39 is 17.4 Å². The predicted octanol–water partition coefficient (Wildman–Crippen LogP) is 0.292. The number of imide groups is 2. The third kappa shape index (κ3) is 2.18. The molecule has 0 bridgehead atoms. The van der Waals surface area contributed by atoms with Crippen molar-refractivity contribution in [3.8, 4) is 0 Å². The van der Waals surface area contributed by atoms with Crippen LogP contribution >= 0.6 is 0 Å². The first-order valence-corrected chi connectivity index (χ1v) is 6.27. The molecule has 6 nitrogen and oxygen atoms in total. The highest BCUT2D eigenvalue weighted by Crippen LogP contribution is 2.33. The molecule has 0 spiro atoms. The van der Waals surface area contributed by atoms with Crippen molar-refractivity contribution >= 4 is 23.6 Å². The Morgan fingerprint density at radius 3 is 2.32 bits per heavy atom. The number of hydrogen-bond donors (Lipinski definition) is 0. The quantitative estimate of drug-likeness (QED) is 0.541. The van der Waals surface area contributed by atoms with Crippen LogP contribution in [0, 0.1) is 0 Å². The van der Waals surface area contributed by atoms with Gasteiger partial charge in [-0.1, -0.05) is 6.08 Å². The van der Waals surface area contributed by atoms with Crippen molar-refractivity contribution in [3.05, 3.63) is 12.7 Å². The molecule has 2 saturated heterocycles. The first-order chi connectivity index (χ1) is 9.01. The zero-order valence-electron chi connectivity index (χ0n) is 10.6. The Morgan fingerprint density at radius 1 is 1.16 bits per heavy atom. The standard InChI is InChI=1S/C13H15N2O4/c1-2-7-13(8-6-9(16)14-12(13)19)15-10(17)4-3-5-11(15)18/h2H,1,3-8H2. The van der Waals surface area contributed by atoms with E-state index in [1.54, 1.807) is 0 Å². The molecule has 2 aliphatic heterocycles. The number of amides is 4. The lowest BCUT2D eigenvalue weighted by molar-refractivity contribution is -0.165. The van der Waals surface area contributed by atoms with Gasteiger partial charge in [0, 0.05) is 19.3 Å². The smallest absolute Gasteiger partial charge is 0.274 e. The van der Waals surface area contributed by atoms with E-state index in [1.807, 2.05) is 0 Å². The molecule has 1 radical (unpaired) electrons. The minimum atomic E-state index is -1.33. The van der Waals surface area contributed by atoms with Gasteiger partial charge in [-0.3, -0.25) is 24.1 Å². The van der Waals surface area contributed by atoms with Gasteiger partial charge in [-0.25, -0.2) is 0 Å². The van der Waals surface area contributed by atoms with Gasteiger partial charge in [0.25, 0.3) is 5.91 Å². The zero-order valence-corrected chi connectivity index (χ0v) is 10.6. The highest BCUT2D eigenvalue weighted by molar-refractivity contribution is 6.09. The van der Waals surface area contributed by atoms with Gasteiger partial charge in [-0.2, -0.15) is 5.32 Å². The van der Waals surface area contributed by atoms with Crippen molar-refractivity contribution < 1.29 is 19.2 Å². The average molecular weight is 263 g/mol. The minimum Gasteiger partial charge on any atom is -0.274 e. The molecule has 101 valence electrons. The highest BCUT2D eigenvalue weighted by Gasteiger charge is 2.52. The summed E-state index contributed by atoms with van der Waals surface area (Å²) in [5.74, 6) is -1.93. The van der Waals surface area contributed by atoms with Gasteiger partial charge in [0.2, 0.25) is 17.7 Å². The number of nitrogens with zero attached hydrogens (tertiary/aromatic N) is 2. The second-order valence-electron chi connectivity index (χ2n) is 4.81. The van der Waals surface area contributed by atoms with Crippen molar-refractivity contribution in [2.45, 2.75) is 44.1 Å². The predicted molar refractivity (Wildman–Crippen MR) is 64.6 cm³/mol. The summed E-state index contributed by atoms with van der Waals surface area (Å²) in [6.45, 7) is 3.57. The summed E-state index contributed by atoms with van der Waals surface area (Å²) in [7, 11) is 0. The SMILES string of the molecule is C=CCC1(N2C(=O)CCCC2=O)CCC(=O)[N]C1=O. The lowest BCUT2D eigenvalue weighted by Gasteiger charge is -2.43. The van der Waals surface area contributed by atoms with Crippen LogP contribution in [0.2, 0.25) is 0 Å². The highest BCUT2D eigenvalue weighted by atomic mass is 16.2. The molecule has 0 aromatic heterocycles. The Morgan fingerprint density at radius 2 is 1.79 bits per heavy atom. The van der Waals surface area contributed by atoms with Crippen LogP contribution in [0.1, 0.15) is 38.5 Å². The molecular formula is C13H15N2O4. The number of rotatable bonds is 3. The van der Waals surface area contributed by atoms with Crippen LogP contribution in [0.3, 0.4) is 0 Å². The van der Waals surface area contributed by atoms with Crippen molar-refractivity contribution in [2.75, 3.05) is 0 Å². The van der Waals surface area contributed by atoms with E-state index >= 15 is 0 Å². The average Bonchev–Trinajstić information content (AvgIpc) is 2.34. The van der Waals surface area contributed by atoms with E-state index in [4.69, 9.17) is 0 Å². The molecule has 0 aliphatic carbocycles. The third-order valence-corrected chi connectivity index (χ3v) is 3.57. The Hall–Kier alpha value is -1.98. The maximum atomic E-state index is 12.1. The van der Waals surface area contributed by atoms with E-state index in [2.05, 4.69) is 11.9 Å². The molecule has 6 heteroatoms. The molecule has 2 fully saturated rings. The van der Waals surface area contributed by atoms with Gasteiger partial charge in [0.05, 0.1) is 0 Å². The first kappa shape index (κ1) is 13.5. The van der Waals surface area contributed by atoms with E-state index in [-0.39, 0.29) is 43.9 Å². The van der Waals surface area contributed by atoms with Crippen molar-refractivity contribution in [3.63, 3.8) is 0 Å². The minimum absolute atomic E-state index is 0.0661. The molecule has 0 saturated carbocycles. The van der Waals surface area contributed by atoms with Gasteiger partial charge in [0.1, 0.15) is 5.54 Å². The van der Waals surface area contributed by atoms with E-state index in [9.17, 15) is 19.2 Å². The van der Waals surface area contributed by atoms with Crippen LogP contribution in [0.25, 0.3) is 0 Å². The summed E-state index contributed by atoms with van der Waals surface area (Å²) in [6.07, 6.45) is 2.81. The molecule has 1 atom stereocenters. The number of piperidine rings is 2. The fraction of sp³-hybridized carbons (Fsp3) is 0.538. The second kappa shape index (κ2) is 4.95. The fourth-order valence-electron chi connectivity index (χ4n) is 2.65. The number of hydrogen-bond acceptors (Lipinski definition) is 4. The monoisotopic (exact) mass is 263 g/mol. The first-order valence-electron chi connectivity index (χ1n) is 6.27. The van der Waals surface area contributed by atoms with Crippen molar-refractivity contribution in [1.82, 2.24) is 10.2 Å². The Labute approximate surface area is 110 Å². The van der Waals surface area contributed by atoms with Crippen LogP contribution in [0.4, 0.5) is 0 Å². The summed E-state index contributed by atoms with van der Waals surface area (Å²) >= 11 is 0. The van der Waals surface area contributed by atoms with Gasteiger partial charge in [-0.15, -0.1) is 6.58 Å². The van der Waals surface area contributed by atoms with E-state index in [0.29, 0.717) is 6.42 Å². The molecule has 1 unspecified atom stereocenters. The molecule has 2 heterocycles. The summed E-state index contributed by atoms with van der Waals surface area (Å²) in [6, 6.07) is 0. The summed E-state index contributed by atoms with van der Waals surface area (Å²) in [4.78, 5) is 48.4. The summed E-state index contributed by atoms with van der Waals surface area (Å²) in [5, 5.41) is 3.43. The molecular weight excluding hydrogens is 248 g/mol. The molecule has 19 heavy (non-hydrogen) atoms. The molecule has 0 aromatic rings. The maximum absolute atomic E-state index is 12.1. The summed E-state index contributed by atoms with van der Waals surface area (Å²) in [5.41, 5.74) is -1.33. The van der Waals surface area contributed by atoms with Crippen LogP contribution in [0.15, 0.2) is 12.7 Å². The number of likely N-dealkylation sites (tertiary alicyclic amines) is 1. The molecule has 2 aliphatic rings. The van der Waals surface area contributed by atoms with Gasteiger partial charge in [0.15, 0.2) is 0 Å². The van der Waals surface area contributed by atoms with Crippen LogP contribution < -0.4 is 5.32 Å². The topological polar surface area (TPSA) is 85.6 Å². The third-order valence-electron chi connectivity index (χ3n) is 3.57. The van der Waals surface area contributed by atoms with Crippen LogP contribution in [0.5, 0.6) is 0 Å². The fourth-order valence-corrected chi connectivity index (χ4v) is 2.65. The lowest BCUT2D eigenvalue weighted by Crippen LogP contribution is -2.64. The van der Waals surface area contributed by atoms with Gasteiger partial charge in [-0.05, 0) is 19.3 Å². The van der Waals surface area contributed by atoms with E-state index in [1.165, 1.54) is 6.08 Å². The normalized spacial score (nSPS) is 28.3. The Bertz CT molecular complexity index is 455. The van der Waals surface area contributed by atoms with Crippen LogP contribution in [-0.4, -0.2) is 34.1 Å². The molecule has 0 N–H and O–H groups in total. The molecule has 2 rings (SSSR count). The Kier molecular flexibility index (Phi) is 3.50. The van der Waals surface area contributed by atoms with Gasteiger partial charge < -0.3 is 0 Å². The Balaban J connectivity index is 2.40. The second-order valence-corrected chi connectivity index (χ2v) is 4.81. The number of carbonyl (C=O) groups excluding carboxylic acids is 4. The summed E-state index contributed by atoms with van der Waals surface area (Å²) < 4.78 is 0. The molecule has 4 amide bonds. The molecule has 0 aromatic carbocycles. The lowest BCUT2D eigenvalue weighted by atomic mass is 9.82. The van der Waals surface area contributed by atoms with Crippen LogP contribution in [-0.2, 0) is 19.2 Å². The largest absolute Gasteiger partial charge is 0.275 e. The van der Waals surface area contributed by atoms with Gasteiger partial charge >= 0.3 is 0 Å². The van der Waals surface area contributed by atoms with Crippen molar-refractivity contribution in [1.29, 1.82) is 0 Å².